The van der Waals surface area contributed by atoms with Crippen molar-refractivity contribution in [2.45, 2.75) is 186 Å². The molecule has 0 spiro atoms. The number of rotatable bonds is 10. The standard InChI is InChI=1S/C42H75NO14/c1-14-30-42(10,51)34(46)24(6)32(44)20(2)17-41(9,53-13)36(57-39-33(45)28(15-21(3)54-39)43(11)19-26-16-27(26)37(48)49)22(4)31(23(5)38(50)56-30)29-18-40(8,52-12)35(47)25(7)55-29/h20-31,33-37,39,45-49,51H,14-19H2,1-13H3/t20-,21-,22+,23-,24+,25+,26?,27?,28+,29-,30-,31?,33-,34-,35+,36-,39+,40-,41-,42-/m1/s1. The molecule has 3 aliphatic heterocycles. The van der Waals surface area contributed by atoms with Gasteiger partial charge in [0.2, 0.25) is 0 Å². The molecule has 15 heteroatoms. The van der Waals surface area contributed by atoms with Crippen LogP contribution in [0.5, 0.6) is 0 Å². The quantitative estimate of drug-likeness (QED) is 0.138. The summed E-state index contributed by atoms with van der Waals surface area (Å²) in [7, 11) is 4.92. The van der Waals surface area contributed by atoms with Crippen molar-refractivity contribution in [1.29, 1.82) is 0 Å². The molecule has 0 aromatic rings. The van der Waals surface area contributed by atoms with Crippen LogP contribution >= 0.6 is 0 Å². The van der Waals surface area contributed by atoms with Crippen LogP contribution in [0.2, 0.25) is 0 Å². The van der Waals surface area contributed by atoms with Gasteiger partial charge in [-0.3, -0.25) is 9.59 Å². The largest absolute Gasteiger partial charge is 0.459 e. The lowest BCUT2D eigenvalue weighted by Gasteiger charge is -2.52. The van der Waals surface area contributed by atoms with Gasteiger partial charge in [-0.05, 0) is 79.2 Å². The topological polar surface area (TPSA) is 214 Å². The van der Waals surface area contributed by atoms with Gasteiger partial charge in [0.05, 0.1) is 47.6 Å². The average molecular weight is 818 g/mol. The maximum absolute atomic E-state index is 14.4. The smallest absolute Gasteiger partial charge is 0.309 e. The summed E-state index contributed by atoms with van der Waals surface area (Å²) in [6.07, 6.45) is -8.51. The second-order valence-electron chi connectivity index (χ2n) is 18.8. The van der Waals surface area contributed by atoms with Crippen molar-refractivity contribution in [3.05, 3.63) is 0 Å². The van der Waals surface area contributed by atoms with E-state index < -0.39 is 114 Å². The van der Waals surface area contributed by atoms with Crippen molar-refractivity contribution in [2.75, 3.05) is 27.8 Å². The maximum atomic E-state index is 14.4. The molecule has 0 radical (unpaired) electrons. The summed E-state index contributed by atoms with van der Waals surface area (Å²) in [6, 6.07) is -0.406. The van der Waals surface area contributed by atoms with Crippen LogP contribution in [0.15, 0.2) is 0 Å². The van der Waals surface area contributed by atoms with E-state index in [-0.39, 0.29) is 43.0 Å². The molecule has 57 heavy (non-hydrogen) atoms. The van der Waals surface area contributed by atoms with Crippen LogP contribution in [0.25, 0.3) is 0 Å². The molecule has 4 rings (SSSR count). The van der Waals surface area contributed by atoms with Crippen LogP contribution in [-0.2, 0) is 38.0 Å². The molecule has 3 unspecified atom stereocenters. The number of likely N-dealkylation sites (N-methyl/N-ethyl adjacent to an activating group) is 1. The Bertz CT molecular complexity index is 1350. The highest BCUT2D eigenvalue weighted by Gasteiger charge is 2.56. The van der Waals surface area contributed by atoms with Crippen LogP contribution in [0.4, 0.5) is 0 Å². The minimum Gasteiger partial charge on any atom is -0.459 e. The monoisotopic (exact) mass is 818 g/mol. The van der Waals surface area contributed by atoms with Crippen LogP contribution in [0, 0.1) is 41.4 Å². The number of ketones is 1. The summed E-state index contributed by atoms with van der Waals surface area (Å²) < 4.78 is 38.2. The molecule has 1 aliphatic carbocycles. The van der Waals surface area contributed by atoms with Gasteiger partial charge < -0.3 is 64.0 Å². The molecular formula is C42H75NO14. The number of esters is 1. The second kappa shape index (κ2) is 18.7. The van der Waals surface area contributed by atoms with Gasteiger partial charge in [0.1, 0.15) is 29.7 Å². The van der Waals surface area contributed by atoms with Gasteiger partial charge in [-0.25, -0.2) is 0 Å². The molecule has 332 valence electrons. The predicted molar refractivity (Wildman–Crippen MR) is 208 cm³/mol. The Balaban J connectivity index is 1.84. The fraction of sp³-hybridized carbons (Fsp3) is 0.952. The Morgan fingerprint density at radius 1 is 0.877 bits per heavy atom. The summed E-state index contributed by atoms with van der Waals surface area (Å²) in [4.78, 5) is 30.6. The lowest BCUT2D eigenvalue weighted by Crippen LogP contribution is -2.62. The van der Waals surface area contributed by atoms with E-state index in [1.165, 1.54) is 21.1 Å². The first-order valence-electron chi connectivity index (χ1n) is 21.0. The van der Waals surface area contributed by atoms with Crippen molar-refractivity contribution < 1.29 is 68.6 Å². The highest BCUT2D eigenvalue weighted by molar-refractivity contribution is 5.83. The Morgan fingerprint density at radius 2 is 1.49 bits per heavy atom. The van der Waals surface area contributed by atoms with Gasteiger partial charge in [0.15, 0.2) is 12.6 Å². The van der Waals surface area contributed by atoms with Gasteiger partial charge in [-0.2, -0.15) is 0 Å². The van der Waals surface area contributed by atoms with Crippen LogP contribution in [-0.4, -0.2) is 159 Å². The van der Waals surface area contributed by atoms with Crippen molar-refractivity contribution >= 4 is 11.8 Å². The van der Waals surface area contributed by atoms with Gasteiger partial charge in [-0.15, -0.1) is 0 Å². The number of carbonyl (C=O) groups excluding carboxylic acids is 2. The third-order valence-electron chi connectivity index (χ3n) is 14.4. The molecule has 0 aromatic heterocycles. The Hall–Kier alpha value is -1.34. The van der Waals surface area contributed by atoms with Crippen LogP contribution in [0.1, 0.15) is 101 Å². The molecule has 0 amide bonds. The summed E-state index contributed by atoms with van der Waals surface area (Å²) >= 11 is 0. The normalized spacial score (nSPS) is 49.5. The summed E-state index contributed by atoms with van der Waals surface area (Å²) in [6.45, 7) is 17.8. The Morgan fingerprint density at radius 3 is 2.04 bits per heavy atom. The molecule has 20 atom stereocenters. The average Bonchev–Trinajstić information content (AvgIpc) is 3.93. The number of methoxy groups -OCH3 is 2. The zero-order valence-corrected chi connectivity index (χ0v) is 36.5. The molecule has 0 bridgehead atoms. The fourth-order valence-electron chi connectivity index (χ4n) is 10.4. The lowest BCUT2D eigenvalue weighted by atomic mass is 9.67. The molecule has 4 aliphatic rings. The molecule has 1 saturated carbocycles. The molecular weight excluding hydrogens is 742 g/mol. The van der Waals surface area contributed by atoms with Gasteiger partial charge in [-0.1, -0.05) is 34.6 Å². The molecule has 15 nitrogen and oxygen atoms in total. The highest BCUT2D eigenvalue weighted by Crippen LogP contribution is 2.46. The van der Waals surface area contributed by atoms with E-state index in [0.29, 0.717) is 19.4 Å². The number of hydrogen-bond donors (Lipinski definition) is 6. The first kappa shape index (κ1) is 48.3. The molecule has 4 fully saturated rings. The summed E-state index contributed by atoms with van der Waals surface area (Å²) in [5.74, 6) is -5.15. The molecule has 3 heterocycles. The zero-order chi connectivity index (χ0) is 43.1. The molecule has 3 saturated heterocycles. The minimum atomic E-state index is -1.97. The summed E-state index contributed by atoms with van der Waals surface area (Å²) in [5.41, 5.74) is -4.29. The first-order chi connectivity index (χ1) is 26.4. The highest BCUT2D eigenvalue weighted by atomic mass is 16.7. The number of nitrogens with zero attached hydrogens (tertiary/aromatic N) is 1. The van der Waals surface area contributed by atoms with Crippen LogP contribution in [0.3, 0.4) is 0 Å². The predicted octanol–water partition coefficient (Wildman–Crippen LogP) is 2.03. The van der Waals surface area contributed by atoms with Gasteiger partial charge >= 0.3 is 5.97 Å². The van der Waals surface area contributed by atoms with E-state index in [2.05, 4.69) is 0 Å². The van der Waals surface area contributed by atoms with E-state index in [4.69, 9.17) is 28.4 Å². The lowest BCUT2D eigenvalue weighted by molar-refractivity contribution is -0.305. The zero-order valence-electron chi connectivity index (χ0n) is 36.5. The number of carbonyl (C=O) groups is 2. The van der Waals surface area contributed by atoms with E-state index in [9.17, 15) is 40.2 Å². The first-order valence-corrected chi connectivity index (χ1v) is 21.0. The van der Waals surface area contributed by atoms with Crippen LogP contribution < -0.4 is 0 Å². The van der Waals surface area contributed by atoms with Gasteiger partial charge in [0.25, 0.3) is 0 Å². The second-order valence-corrected chi connectivity index (χ2v) is 18.8. The van der Waals surface area contributed by atoms with E-state index in [1.807, 2.05) is 32.7 Å². The number of aliphatic hydroxyl groups is 6. The number of ether oxygens (including phenoxy) is 6. The van der Waals surface area contributed by atoms with Crippen molar-refractivity contribution in [3.8, 4) is 0 Å². The van der Waals surface area contributed by atoms with Gasteiger partial charge in [0, 0.05) is 56.9 Å². The number of hydrogen-bond acceptors (Lipinski definition) is 15. The maximum Gasteiger partial charge on any atom is 0.309 e. The molecule has 6 N–H and O–H groups in total. The third kappa shape index (κ3) is 10.1. The van der Waals surface area contributed by atoms with E-state index in [1.54, 1.807) is 41.5 Å². The SMILES string of the molecule is CC[C@H]1OC(=O)[C@H](C)C([C@H]2C[C@@](C)(OC)[C@@H](O)[C@H](C)O2)[C@H](C)[C@@H](O[C@@H]2O[C@H](C)C[C@H](N(C)CC3CC3C(O)O)[C@H]2O)[C@](C)(OC)C[C@@H](C)C(=O)[C@H](C)[C@@H](O)[C@]1(C)O. The van der Waals surface area contributed by atoms with Crippen molar-refractivity contribution in [2.24, 2.45) is 41.4 Å². The number of aliphatic hydroxyl groups excluding tert-OH is 4. The molecule has 0 aromatic carbocycles. The Labute approximate surface area is 339 Å². The Kier molecular flexibility index (Phi) is 15.9. The summed E-state index contributed by atoms with van der Waals surface area (Å²) in [5, 5.41) is 65.9. The van der Waals surface area contributed by atoms with Crippen molar-refractivity contribution in [1.82, 2.24) is 4.90 Å². The number of cyclic esters (lactones) is 1. The fourth-order valence-corrected chi connectivity index (χ4v) is 10.4. The van der Waals surface area contributed by atoms with E-state index >= 15 is 0 Å². The minimum absolute atomic E-state index is 0.0724. The van der Waals surface area contributed by atoms with Crippen molar-refractivity contribution in [3.63, 3.8) is 0 Å². The van der Waals surface area contributed by atoms with E-state index in [0.717, 1.165) is 0 Å². The number of Topliss-reactive ketones (excluding diaryl/α,β-unsaturated/α-hetero) is 1. The third-order valence-corrected chi connectivity index (χ3v) is 14.4.